The largest absolute Gasteiger partial charge is 0.330 e. The van der Waals surface area contributed by atoms with Crippen LogP contribution in [-0.2, 0) is 18.0 Å². The van der Waals surface area contributed by atoms with E-state index in [1.807, 2.05) is 37.4 Å². The normalized spacial score (nSPS) is 20.0. The van der Waals surface area contributed by atoms with Crippen molar-refractivity contribution in [2.45, 2.75) is 30.8 Å². The van der Waals surface area contributed by atoms with Gasteiger partial charge in [0.25, 0.3) is 5.56 Å². The number of hydrazone groups is 1. The monoisotopic (exact) mass is 499 g/mol. The van der Waals surface area contributed by atoms with Gasteiger partial charge < -0.3 is 5.73 Å². The second kappa shape index (κ2) is 9.18. The summed E-state index contributed by atoms with van der Waals surface area (Å²) in [5.74, 6) is -1.11. The van der Waals surface area contributed by atoms with Crippen molar-refractivity contribution < 1.29 is 8.78 Å². The van der Waals surface area contributed by atoms with Crippen molar-refractivity contribution in [2.24, 2.45) is 10.8 Å². The maximum atomic E-state index is 14.8. The van der Waals surface area contributed by atoms with E-state index in [0.717, 1.165) is 28.6 Å². The number of fused-ring (bicyclic) bond motifs is 1. The number of nitrogens with zero attached hydrogens (tertiary/aromatic N) is 4. The van der Waals surface area contributed by atoms with Gasteiger partial charge >= 0.3 is 0 Å². The Labute approximate surface area is 204 Å². The lowest BCUT2D eigenvalue weighted by Crippen LogP contribution is -2.39. The van der Waals surface area contributed by atoms with Crippen molar-refractivity contribution in [1.29, 1.82) is 0 Å². The molecule has 2 N–H and O–H groups in total. The summed E-state index contributed by atoms with van der Waals surface area (Å²) in [7, 11) is 1.95. The van der Waals surface area contributed by atoms with Crippen LogP contribution in [0.15, 0.2) is 58.4 Å². The average molecular weight is 500 g/mol. The van der Waals surface area contributed by atoms with Gasteiger partial charge in [-0.3, -0.25) is 9.69 Å². The van der Waals surface area contributed by atoms with Gasteiger partial charge in [-0.15, -0.1) is 0 Å². The molecule has 6 nitrogen and oxygen atoms in total. The molecule has 2 aromatic carbocycles. The van der Waals surface area contributed by atoms with Crippen LogP contribution in [0, 0.1) is 11.6 Å². The van der Waals surface area contributed by atoms with Crippen LogP contribution in [0.1, 0.15) is 34.4 Å². The average Bonchev–Trinajstić information content (AvgIpc) is 3.41. The number of thioether (sulfide) groups is 1. The van der Waals surface area contributed by atoms with Crippen LogP contribution in [0.5, 0.6) is 0 Å². The van der Waals surface area contributed by atoms with Crippen LogP contribution in [0.25, 0.3) is 0 Å². The summed E-state index contributed by atoms with van der Waals surface area (Å²) in [4.78, 5) is 19.5. The second-order valence-corrected chi connectivity index (χ2v) is 10.7. The van der Waals surface area contributed by atoms with Gasteiger partial charge in [-0.2, -0.15) is 10.1 Å². The zero-order valence-electron chi connectivity index (χ0n) is 18.5. The first-order valence-electron chi connectivity index (χ1n) is 10.9. The molecule has 0 aliphatic carbocycles. The third-order valence-corrected chi connectivity index (χ3v) is 8.45. The molecule has 3 heterocycles. The molecule has 1 atom stereocenters. The fourth-order valence-corrected chi connectivity index (χ4v) is 6.97. The Morgan fingerprint density at radius 3 is 2.71 bits per heavy atom. The Morgan fingerprint density at radius 2 is 1.94 bits per heavy atom. The third-order valence-electron chi connectivity index (χ3n) is 5.93. The first-order chi connectivity index (χ1) is 16.4. The van der Waals surface area contributed by atoms with E-state index in [1.165, 1.54) is 23.1 Å². The summed E-state index contributed by atoms with van der Waals surface area (Å²) in [5.41, 5.74) is 7.31. The van der Waals surface area contributed by atoms with Crippen molar-refractivity contribution in [3.63, 3.8) is 0 Å². The highest BCUT2D eigenvalue weighted by Crippen LogP contribution is 2.52. The number of halogens is 2. The van der Waals surface area contributed by atoms with E-state index in [9.17, 15) is 13.6 Å². The van der Waals surface area contributed by atoms with Gasteiger partial charge in [0.2, 0.25) is 5.13 Å². The summed E-state index contributed by atoms with van der Waals surface area (Å²) in [5, 5.41) is 7.24. The quantitative estimate of drug-likeness (QED) is 0.547. The molecule has 34 heavy (non-hydrogen) atoms. The van der Waals surface area contributed by atoms with Crippen LogP contribution in [-0.4, -0.2) is 28.5 Å². The molecule has 1 unspecified atom stereocenters. The Balaban J connectivity index is 1.71. The number of aromatic nitrogens is 1. The summed E-state index contributed by atoms with van der Waals surface area (Å²) in [6, 6.07) is 13.0. The molecular formula is C24H23F2N5OS2. The zero-order valence-corrected chi connectivity index (χ0v) is 20.1. The number of hydrogen-bond donors (Lipinski definition) is 1. The molecule has 10 heteroatoms. The maximum absolute atomic E-state index is 14.8. The lowest BCUT2D eigenvalue weighted by molar-refractivity contribution is 0.354. The predicted molar refractivity (Wildman–Crippen MR) is 133 cm³/mol. The van der Waals surface area contributed by atoms with Crippen LogP contribution < -0.4 is 16.3 Å². The molecule has 5 rings (SSSR count). The molecule has 1 aromatic heterocycles. The first-order valence-corrected chi connectivity index (χ1v) is 12.5. The van der Waals surface area contributed by atoms with Crippen molar-refractivity contribution in [3.8, 4) is 0 Å². The van der Waals surface area contributed by atoms with Gasteiger partial charge in [0.15, 0.2) is 0 Å². The van der Waals surface area contributed by atoms with E-state index >= 15 is 0 Å². The van der Waals surface area contributed by atoms with Crippen molar-refractivity contribution >= 4 is 33.3 Å². The minimum Gasteiger partial charge on any atom is -0.330 e. The Bertz CT molecular complexity index is 1320. The third kappa shape index (κ3) is 4.04. The first kappa shape index (κ1) is 23.1. The van der Waals surface area contributed by atoms with Crippen molar-refractivity contribution in [2.75, 3.05) is 18.6 Å². The van der Waals surface area contributed by atoms with Gasteiger partial charge in [-0.25, -0.2) is 13.8 Å². The highest BCUT2D eigenvalue weighted by atomic mass is 32.2. The molecule has 0 amide bonds. The van der Waals surface area contributed by atoms with Crippen LogP contribution >= 0.6 is 23.1 Å². The summed E-state index contributed by atoms with van der Waals surface area (Å²) >= 11 is 2.75. The molecule has 0 bridgehead atoms. The minimum atomic E-state index is -0.816. The minimum absolute atomic E-state index is 0.0776. The second-order valence-electron chi connectivity index (χ2n) is 8.36. The fourth-order valence-electron chi connectivity index (χ4n) is 4.30. The summed E-state index contributed by atoms with van der Waals surface area (Å²) in [6.45, 7) is 1.67. The lowest BCUT2D eigenvalue weighted by Gasteiger charge is -2.36. The molecule has 3 aromatic rings. The number of nitrogens with two attached hydrogens (primary N) is 1. The van der Waals surface area contributed by atoms with E-state index in [0.29, 0.717) is 48.2 Å². The van der Waals surface area contributed by atoms with Crippen LogP contribution in [0.3, 0.4) is 0 Å². The van der Waals surface area contributed by atoms with Gasteiger partial charge in [0, 0.05) is 29.1 Å². The van der Waals surface area contributed by atoms with E-state index in [4.69, 9.17) is 10.8 Å². The lowest BCUT2D eigenvalue weighted by atomic mass is 10.0. The zero-order chi connectivity index (χ0) is 23.9. The van der Waals surface area contributed by atoms with Crippen molar-refractivity contribution in [1.82, 2.24) is 9.88 Å². The van der Waals surface area contributed by atoms with E-state index < -0.39 is 16.5 Å². The highest BCUT2D eigenvalue weighted by Gasteiger charge is 2.47. The van der Waals surface area contributed by atoms with Crippen LogP contribution in [0.4, 0.5) is 13.9 Å². The van der Waals surface area contributed by atoms with Gasteiger partial charge in [0.1, 0.15) is 21.5 Å². The predicted octanol–water partition coefficient (Wildman–Crippen LogP) is 4.23. The number of hydrogen-bond acceptors (Lipinski definition) is 8. The van der Waals surface area contributed by atoms with Gasteiger partial charge in [0.05, 0.1) is 0 Å². The van der Waals surface area contributed by atoms with Gasteiger partial charge in [-0.05, 0) is 50.2 Å². The Kier molecular flexibility index (Phi) is 6.24. The highest BCUT2D eigenvalue weighted by molar-refractivity contribution is 8.15. The molecule has 0 spiro atoms. The molecule has 2 aliphatic heterocycles. The SMILES string of the molecule is CN1Cc2sc(N3N=C(c4cc(F)ccc4F)SC3(CCCN)c3ccccc3)nc(=O)c2C1. The molecule has 2 aliphatic rings. The number of benzene rings is 2. The van der Waals surface area contributed by atoms with E-state index in [2.05, 4.69) is 9.88 Å². The number of anilines is 1. The fraction of sp³-hybridized carbons (Fsp3) is 0.292. The van der Waals surface area contributed by atoms with Crippen molar-refractivity contribution in [3.05, 3.63) is 92.1 Å². The van der Waals surface area contributed by atoms with Crippen LogP contribution in [0.2, 0.25) is 0 Å². The standard InChI is InChI=1S/C24H23F2N5OS2/c1-30-13-18-20(14-30)33-23(28-21(18)32)31-24(10-5-11-27,15-6-3-2-4-7-15)34-22(29-31)17-12-16(25)8-9-19(17)26/h2-4,6-9,12H,5,10-11,13-14,27H2,1H3. The maximum Gasteiger partial charge on any atom is 0.278 e. The Hall–Kier alpha value is -2.66. The molecule has 0 saturated heterocycles. The molecular weight excluding hydrogens is 476 g/mol. The van der Waals surface area contributed by atoms with Gasteiger partial charge in [-0.1, -0.05) is 53.4 Å². The smallest absolute Gasteiger partial charge is 0.278 e. The number of rotatable bonds is 6. The molecule has 0 saturated carbocycles. The summed E-state index contributed by atoms with van der Waals surface area (Å²) < 4.78 is 28.8. The van der Waals surface area contributed by atoms with E-state index in [1.54, 1.807) is 5.01 Å². The topological polar surface area (TPSA) is 74.8 Å². The molecule has 176 valence electrons. The Morgan fingerprint density at radius 1 is 1.15 bits per heavy atom. The summed E-state index contributed by atoms with van der Waals surface area (Å²) in [6.07, 6.45) is 1.23. The molecule has 0 radical (unpaired) electrons. The molecule has 0 fully saturated rings. The van der Waals surface area contributed by atoms with E-state index in [-0.39, 0.29) is 11.1 Å².